The molecular weight excluding hydrogens is 270 g/mol. The minimum Gasteiger partial charge on any atom is -0.493 e. The van der Waals surface area contributed by atoms with Crippen LogP contribution in [0.3, 0.4) is 0 Å². The third-order valence-electron chi connectivity index (χ3n) is 2.99. The lowest BCUT2D eigenvalue weighted by atomic mass is 10.1. The van der Waals surface area contributed by atoms with Gasteiger partial charge < -0.3 is 10.1 Å². The van der Waals surface area contributed by atoms with Gasteiger partial charge in [0.15, 0.2) is 5.82 Å². The molecule has 21 heavy (non-hydrogen) atoms. The molecule has 0 spiro atoms. The first-order chi connectivity index (χ1) is 10.3. The van der Waals surface area contributed by atoms with E-state index in [2.05, 4.69) is 25.9 Å². The molecule has 1 atom stereocenters. The predicted molar refractivity (Wildman–Crippen MR) is 76.9 cm³/mol. The number of nitrogens with one attached hydrogen (secondary N) is 2. The van der Waals surface area contributed by atoms with E-state index in [1.54, 1.807) is 18.2 Å². The SMILES string of the molecule is CCCC(NC(=O)c1ccccc1OCC)c1nn[nH]n1. The molecule has 1 aromatic carbocycles. The number of tetrazole rings is 1. The standard InChI is InChI=1S/C14H19N5O2/c1-3-7-11(13-16-18-19-17-13)15-14(20)10-8-5-6-9-12(10)21-4-2/h5-6,8-9,11H,3-4,7H2,1-2H3,(H,15,20)(H,16,17,18,19). The van der Waals surface area contributed by atoms with Crippen molar-refractivity contribution in [2.24, 2.45) is 0 Å². The second-order valence-corrected chi connectivity index (χ2v) is 4.51. The summed E-state index contributed by atoms with van der Waals surface area (Å²) in [4.78, 5) is 12.4. The Hall–Kier alpha value is -2.44. The second kappa shape index (κ2) is 7.37. The van der Waals surface area contributed by atoms with Gasteiger partial charge in [-0.3, -0.25) is 4.79 Å². The third-order valence-corrected chi connectivity index (χ3v) is 2.99. The Morgan fingerprint density at radius 2 is 2.19 bits per heavy atom. The summed E-state index contributed by atoms with van der Waals surface area (Å²) >= 11 is 0. The molecule has 2 aromatic rings. The Morgan fingerprint density at radius 1 is 1.38 bits per heavy atom. The molecule has 7 heteroatoms. The van der Waals surface area contributed by atoms with Crippen molar-refractivity contribution in [2.75, 3.05) is 6.61 Å². The number of ether oxygens (including phenoxy) is 1. The van der Waals surface area contributed by atoms with Crippen molar-refractivity contribution in [1.82, 2.24) is 25.9 Å². The summed E-state index contributed by atoms with van der Waals surface area (Å²) in [5.41, 5.74) is 0.504. The van der Waals surface area contributed by atoms with Gasteiger partial charge in [-0.2, -0.15) is 5.21 Å². The molecule has 7 nitrogen and oxygen atoms in total. The number of hydrogen-bond donors (Lipinski definition) is 2. The summed E-state index contributed by atoms with van der Waals surface area (Å²) in [6, 6.07) is 6.89. The van der Waals surface area contributed by atoms with Crippen molar-refractivity contribution in [3.63, 3.8) is 0 Å². The number of hydrogen-bond acceptors (Lipinski definition) is 5. The van der Waals surface area contributed by atoms with Gasteiger partial charge in [0.25, 0.3) is 5.91 Å². The fourth-order valence-electron chi connectivity index (χ4n) is 2.04. The zero-order valence-electron chi connectivity index (χ0n) is 12.2. The molecule has 1 unspecified atom stereocenters. The summed E-state index contributed by atoms with van der Waals surface area (Å²) in [6.45, 7) is 4.43. The normalized spacial score (nSPS) is 11.9. The molecule has 1 heterocycles. The highest BCUT2D eigenvalue weighted by molar-refractivity contribution is 5.97. The van der Waals surface area contributed by atoms with E-state index in [9.17, 15) is 4.79 Å². The van der Waals surface area contributed by atoms with E-state index < -0.39 is 0 Å². The van der Waals surface area contributed by atoms with Gasteiger partial charge in [-0.25, -0.2) is 0 Å². The fourth-order valence-corrected chi connectivity index (χ4v) is 2.04. The maximum absolute atomic E-state index is 12.4. The largest absolute Gasteiger partial charge is 0.493 e. The van der Waals surface area contributed by atoms with Crippen molar-refractivity contribution < 1.29 is 9.53 Å². The molecule has 0 saturated carbocycles. The molecule has 0 saturated heterocycles. The lowest BCUT2D eigenvalue weighted by molar-refractivity contribution is 0.0928. The van der Waals surface area contributed by atoms with E-state index in [1.807, 2.05) is 19.9 Å². The summed E-state index contributed by atoms with van der Waals surface area (Å²) < 4.78 is 5.48. The van der Waals surface area contributed by atoms with Crippen molar-refractivity contribution in [1.29, 1.82) is 0 Å². The molecule has 0 aliphatic rings. The second-order valence-electron chi connectivity index (χ2n) is 4.51. The van der Waals surface area contributed by atoms with Crippen LogP contribution in [0.2, 0.25) is 0 Å². The predicted octanol–water partition coefficient (Wildman–Crippen LogP) is 1.87. The smallest absolute Gasteiger partial charge is 0.255 e. The molecule has 2 rings (SSSR count). The number of aromatic amines is 1. The number of aromatic nitrogens is 4. The maximum Gasteiger partial charge on any atom is 0.255 e. The van der Waals surface area contributed by atoms with Crippen LogP contribution < -0.4 is 10.1 Å². The van der Waals surface area contributed by atoms with Crippen molar-refractivity contribution >= 4 is 5.91 Å². The Bertz CT molecular complexity index is 571. The highest BCUT2D eigenvalue weighted by atomic mass is 16.5. The molecule has 0 aliphatic carbocycles. The Kier molecular flexibility index (Phi) is 5.25. The number of benzene rings is 1. The van der Waals surface area contributed by atoms with E-state index in [4.69, 9.17) is 4.74 Å². The first-order valence-corrected chi connectivity index (χ1v) is 7.02. The number of amides is 1. The highest BCUT2D eigenvalue weighted by Gasteiger charge is 2.20. The average Bonchev–Trinajstić information content (AvgIpc) is 3.02. The Balaban J connectivity index is 2.15. The van der Waals surface area contributed by atoms with Crippen LogP contribution in [0.5, 0.6) is 5.75 Å². The van der Waals surface area contributed by atoms with Crippen LogP contribution in [0.15, 0.2) is 24.3 Å². The van der Waals surface area contributed by atoms with Gasteiger partial charge in [-0.15, -0.1) is 10.2 Å². The van der Waals surface area contributed by atoms with Gasteiger partial charge in [0, 0.05) is 0 Å². The zero-order valence-corrected chi connectivity index (χ0v) is 12.2. The van der Waals surface area contributed by atoms with E-state index in [-0.39, 0.29) is 11.9 Å². The van der Waals surface area contributed by atoms with Crippen LogP contribution in [0, 0.1) is 0 Å². The zero-order chi connectivity index (χ0) is 15.1. The summed E-state index contributed by atoms with van der Waals surface area (Å²) in [7, 11) is 0. The quantitative estimate of drug-likeness (QED) is 0.811. The maximum atomic E-state index is 12.4. The van der Waals surface area contributed by atoms with E-state index in [1.165, 1.54) is 0 Å². The van der Waals surface area contributed by atoms with Gasteiger partial charge in [0.1, 0.15) is 5.75 Å². The number of rotatable bonds is 7. The van der Waals surface area contributed by atoms with Crippen LogP contribution in [0.4, 0.5) is 0 Å². The average molecular weight is 289 g/mol. The number of para-hydroxylation sites is 1. The molecule has 1 aromatic heterocycles. The minimum atomic E-state index is -0.268. The molecule has 112 valence electrons. The Labute approximate surface area is 123 Å². The molecule has 0 aliphatic heterocycles. The van der Waals surface area contributed by atoms with Crippen LogP contribution in [-0.4, -0.2) is 33.1 Å². The molecular formula is C14H19N5O2. The number of nitrogens with zero attached hydrogens (tertiary/aromatic N) is 3. The number of carbonyl (C=O) groups is 1. The van der Waals surface area contributed by atoms with Crippen molar-refractivity contribution in [2.45, 2.75) is 32.7 Å². The molecule has 0 bridgehead atoms. The van der Waals surface area contributed by atoms with Crippen LogP contribution >= 0.6 is 0 Å². The third kappa shape index (κ3) is 3.77. The lowest BCUT2D eigenvalue weighted by Gasteiger charge is -2.16. The van der Waals surface area contributed by atoms with E-state index in [0.29, 0.717) is 23.7 Å². The van der Waals surface area contributed by atoms with Gasteiger partial charge in [0.2, 0.25) is 0 Å². The van der Waals surface area contributed by atoms with E-state index >= 15 is 0 Å². The number of H-pyrrole nitrogens is 1. The topological polar surface area (TPSA) is 92.8 Å². The van der Waals surface area contributed by atoms with Crippen molar-refractivity contribution in [3.05, 3.63) is 35.7 Å². The van der Waals surface area contributed by atoms with Crippen LogP contribution in [-0.2, 0) is 0 Å². The van der Waals surface area contributed by atoms with Gasteiger partial charge in [-0.05, 0) is 25.5 Å². The minimum absolute atomic E-state index is 0.206. The Morgan fingerprint density at radius 3 is 2.86 bits per heavy atom. The van der Waals surface area contributed by atoms with Gasteiger partial charge >= 0.3 is 0 Å². The first kappa shape index (κ1) is 15.0. The summed E-state index contributed by atoms with van der Waals surface area (Å²) in [5, 5.41) is 16.8. The lowest BCUT2D eigenvalue weighted by Crippen LogP contribution is -2.29. The molecule has 0 radical (unpaired) electrons. The monoisotopic (exact) mass is 289 g/mol. The van der Waals surface area contributed by atoms with Crippen LogP contribution in [0.1, 0.15) is 48.9 Å². The first-order valence-electron chi connectivity index (χ1n) is 7.02. The fraction of sp³-hybridized carbons (Fsp3) is 0.429. The molecule has 1 amide bonds. The van der Waals surface area contributed by atoms with Gasteiger partial charge in [0.05, 0.1) is 18.2 Å². The van der Waals surface area contributed by atoms with Crippen molar-refractivity contribution in [3.8, 4) is 5.75 Å². The summed E-state index contributed by atoms with van der Waals surface area (Å²) in [5.74, 6) is 0.849. The molecule has 0 fully saturated rings. The van der Waals surface area contributed by atoms with Crippen LogP contribution in [0.25, 0.3) is 0 Å². The highest BCUT2D eigenvalue weighted by Crippen LogP contribution is 2.20. The number of carbonyl (C=O) groups excluding carboxylic acids is 1. The van der Waals surface area contributed by atoms with E-state index in [0.717, 1.165) is 12.8 Å². The summed E-state index contributed by atoms with van der Waals surface area (Å²) in [6.07, 6.45) is 1.63. The van der Waals surface area contributed by atoms with Gasteiger partial charge in [-0.1, -0.05) is 30.7 Å². The molecule has 2 N–H and O–H groups in total.